The number of carbonyl (C=O) groups excluding carboxylic acids is 1. The fraction of sp³-hybridized carbons (Fsp3) is 0.467. The molecule has 1 atom stereocenters. The summed E-state index contributed by atoms with van der Waals surface area (Å²) in [6, 6.07) is 7.05. The first-order valence-electron chi connectivity index (χ1n) is 6.93. The second kappa shape index (κ2) is 8.64. The number of carboxylic acid groups (broad SMARTS) is 1. The molecule has 6 heteroatoms. The van der Waals surface area contributed by atoms with E-state index in [1.54, 1.807) is 31.2 Å². The van der Waals surface area contributed by atoms with Crippen LogP contribution in [0.5, 0.6) is 0 Å². The minimum atomic E-state index is -0.825. The molecule has 0 aliphatic carbocycles. The predicted molar refractivity (Wildman–Crippen MR) is 83.6 cm³/mol. The Bertz CT molecular complexity index is 494. The highest BCUT2D eigenvalue weighted by molar-refractivity contribution is 6.33. The lowest BCUT2D eigenvalue weighted by Crippen LogP contribution is -2.34. The van der Waals surface area contributed by atoms with Crippen LogP contribution in [0, 0.1) is 5.92 Å². The number of nitrogens with one attached hydrogen (secondary N) is 1. The number of aliphatic carboxylic acids is 1. The molecule has 0 saturated heterocycles. The molecule has 1 aromatic rings. The van der Waals surface area contributed by atoms with Crippen molar-refractivity contribution in [3.8, 4) is 0 Å². The number of anilines is 1. The Morgan fingerprint density at radius 2 is 2.05 bits per heavy atom. The molecule has 0 aliphatic heterocycles. The molecular formula is C15H21ClN2O3. The summed E-state index contributed by atoms with van der Waals surface area (Å²) in [5.74, 6) is -1.41. The molecule has 1 amide bonds. The Hall–Kier alpha value is -1.59. The highest BCUT2D eigenvalue weighted by atomic mass is 35.5. The van der Waals surface area contributed by atoms with Crippen molar-refractivity contribution < 1.29 is 14.7 Å². The molecular weight excluding hydrogens is 292 g/mol. The molecule has 0 aliphatic rings. The van der Waals surface area contributed by atoms with Crippen molar-refractivity contribution >= 4 is 29.2 Å². The van der Waals surface area contributed by atoms with Gasteiger partial charge in [-0.05, 0) is 18.7 Å². The third kappa shape index (κ3) is 6.14. The highest BCUT2D eigenvalue weighted by Gasteiger charge is 2.16. The van der Waals surface area contributed by atoms with Gasteiger partial charge < -0.3 is 15.3 Å². The summed E-state index contributed by atoms with van der Waals surface area (Å²) >= 11 is 5.97. The fourth-order valence-electron chi connectivity index (χ4n) is 1.88. The second-order valence-electron chi connectivity index (χ2n) is 4.91. The Morgan fingerprint density at radius 3 is 2.62 bits per heavy atom. The largest absolute Gasteiger partial charge is 0.481 e. The van der Waals surface area contributed by atoms with Gasteiger partial charge in [0, 0.05) is 19.5 Å². The van der Waals surface area contributed by atoms with E-state index in [2.05, 4.69) is 5.32 Å². The van der Waals surface area contributed by atoms with Crippen LogP contribution in [-0.2, 0) is 9.59 Å². The SMILES string of the molecule is CCN(CCC(=O)Nc1ccccc1Cl)CC(C)C(=O)O. The van der Waals surface area contributed by atoms with Gasteiger partial charge in [0.15, 0.2) is 0 Å². The van der Waals surface area contributed by atoms with Gasteiger partial charge in [0.2, 0.25) is 5.91 Å². The van der Waals surface area contributed by atoms with Crippen LogP contribution in [0.2, 0.25) is 5.02 Å². The summed E-state index contributed by atoms with van der Waals surface area (Å²) < 4.78 is 0. The van der Waals surface area contributed by atoms with E-state index >= 15 is 0 Å². The third-order valence-electron chi connectivity index (χ3n) is 3.20. The first-order valence-corrected chi connectivity index (χ1v) is 7.31. The zero-order valence-electron chi connectivity index (χ0n) is 12.3. The predicted octanol–water partition coefficient (Wildman–Crippen LogP) is 2.71. The Balaban J connectivity index is 2.44. The number of halogens is 1. The highest BCUT2D eigenvalue weighted by Crippen LogP contribution is 2.20. The van der Waals surface area contributed by atoms with Crippen LogP contribution in [0.4, 0.5) is 5.69 Å². The van der Waals surface area contributed by atoms with Gasteiger partial charge in [-0.25, -0.2) is 0 Å². The number of carboxylic acids is 1. The zero-order chi connectivity index (χ0) is 15.8. The van der Waals surface area contributed by atoms with E-state index < -0.39 is 11.9 Å². The molecule has 0 heterocycles. The van der Waals surface area contributed by atoms with Crippen LogP contribution in [0.3, 0.4) is 0 Å². The number of benzene rings is 1. The number of rotatable bonds is 8. The van der Waals surface area contributed by atoms with Gasteiger partial charge in [-0.3, -0.25) is 9.59 Å². The van der Waals surface area contributed by atoms with Crippen LogP contribution < -0.4 is 5.32 Å². The maximum absolute atomic E-state index is 11.9. The van der Waals surface area contributed by atoms with Crippen LogP contribution in [-0.4, -0.2) is 41.5 Å². The molecule has 5 nitrogen and oxygen atoms in total. The van der Waals surface area contributed by atoms with E-state index in [0.717, 1.165) is 0 Å². The number of amides is 1. The molecule has 0 aromatic heterocycles. The average Bonchev–Trinajstić information content (AvgIpc) is 2.45. The molecule has 0 saturated carbocycles. The minimum Gasteiger partial charge on any atom is -0.481 e. The second-order valence-corrected chi connectivity index (χ2v) is 5.32. The van der Waals surface area contributed by atoms with Crippen molar-refractivity contribution in [3.63, 3.8) is 0 Å². The van der Waals surface area contributed by atoms with Crippen LogP contribution in [0.1, 0.15) is 20.3 Å². The number of hydrogen-bond acceptors (Lipinski definition) is 3. The minimum absolute atomic E-state index is 0.135. The molecule has 0 spiro atoms. The van der Waals surface area contributed by atoms with Crippen molar-refractivity contribution in [1.29, 1.82) is 0 Å². The Labute approximate surface area is 129 Å². The van der Waals surface area contributed by atoms with Gasteiger partial charge in [0.1, 0.15) is 0 Å². The monoisotopic (exact) mass is 312 g/mol. The van der Waals surface area contributed by atoms with Gasteiger partial charge in [-0.1, -0.05) is 37.6 Å². The molecule has 1 rings (SSSR count). The van der Waals surface area contributed by atoms with Crippen molar-refractivity contribution in [2.45, 2.75) is 20.3 Å². The molecule has 1 aromatic carbocycles. The lowest BCUT2D eigenvalue weighted by molar-refractivity contribution is -0.141. The summed E-state index contributed by atoms with van der Waals surface area (Å²) in [6.45, 7) is 5.27. The van der Waals surface area contributed by atoms with E-state index in [1.165, 1.54) is 0 Å². The van der Waals surface area contributed by atoms with E-state index in [1.807, 2.05) is 11.8 Å². The van der Waals surface area contributed by atoms with E-state index in [9.17, 15) is 9.59 Å². The number of nitrogens with zero attached hydrogens (tertiary/aromatic N) is 1. The van der Waals surface area contributed by atoms with Crippen molar-refractivity contribution in [2.75, 3.05) is 25.0 Å². The fourth-order valence-corrected chi connectivity index (χ4v) is 2.06. The summed E-state index contributed by atoms with van der Waals surface area (Å²) in [5.41, 5.74) is 0.589. The van der Waals surface area contributed by atoms with Crippen molar-refractivity contribution in [1.82, 2.24) is 4.90 Å². The van der Waals surface area contributed by atoms with Crippen LogP contribution in [0.15, 0.2) is 24.3 Å². The molecule has 0 bridgehead atoms. The molecule has 0 fully saturated rings. The molecule has 1 unspecified atom stereocenters. The smallest absolute Gasteiger partial charge is 0.307 e. The van der Waals surface area contributed by atoms with Crippen molar-refractivity contribution in [2.24, 2.45) is 5.92 Å². The molecule has 2 N–H and O–H groups in total. The van der Waals surface area contributed by atoms with Gasteiger partial charge in [0.25, 0.3) is 0 Å². The summed E-state index contributed by atoms with van der Waals surface area (Å²) in [4.78, 5) is 24.7. The zero-order valence-corrected chi connectivity index (χ0v) is 13.1. The van der Waals surface area contributed by atoms with E-state index in [0.29, 0.717) is 36.8 Å². The van der Waals surface area contributed by atoms with Crippen LogP contribution >= 0.6 is 11.6 Å². The van der Waals surface area contributed by atoms with Gasteiger partial charge in [0.05, 0.1) is 16.6 Å². The number of carbonyl (C=O) groups is 2. The first-order chi connectivity index (χ1) is 9.93. The van der Waals surface area contributed by atoms with Gasteiger partial charge in [-0.2, -0.15) is 0 Å². The lowest BCUT2D eigenvalue weighted by atomic mass is 10.1. The number of hydrogen-bond donors (Lipinski definition) is 2. The average molecular weight is 313 g/mol. The number of para-hydroxylation sites is 1. The summed E-state index contributed by atoms with van der Waals surface area (Å²) in [7, 11) is 0. The van der Waals surface area contributed by atoms with Crippen molar-refractivity contribution in [3.05, 3.63) is 29.3 Å². The molecule has 21 heavy (non-hydrogen) atoms. The van der Waals surface area contributed by atoms with Gasteiger partial charge in [-0.15, -0.1) is 0 Å². The Kier molecular flexibility index (Phi) is 7.19. The van der Waals surface area contributed by atoms with Crippen LogP contribution in [0.25, 0.3) is 0 Å². The van der Waals surface area contributed by atoms with E-state index in [4.69, 9.17) is 16.7 Å². The standard InChI is InChI=1S/C15H21ClN2O3/c1-3-18(10-11(2)15(20)21)9-8-14(19)17-13-7-5-4-6-12(13)16/h4-7,11H,3,8-10H2,1-2H3,(H,17,19)(H,20,21). The topological polar surface area (TPSA) is 69.6 Å². The lowest BCUT2D eigenvalue weighted by Gasteiger charge is -2.22. The van der Waals surface area contributed by atoms with Gasteiger partial charge >= 0.3 is 5.97 Å². The van der Waals surface area contributed by atoms with E-state index in [-0.39, 0.29) is 5.91 Å². The summed E-state index contributed by atoms with van der Waals surface area (Å²) in [5, 5.41) is 12.2. The Morgan fingerprint density at radius 1 is 1.38 bits per heavy atom. The quantitative estimate of drug-likeness (QED) is 0.774. The maximum atomic E-state index is 11.9. The molecule has 116 valence electrons. The molecule has 0 radical (unpaired) electrons. The third-order valence-corrected chi connectivity index (χ3v) is 3.53. The normalized spacial score (nSPS) is 12.2. The summed E-state index contributed by atoms with van der Waals surface area (Å²) in [6.07, 6.45) is 0.297. The first kappa shape index (κ1) is 17.5. The maximum Gasteiger partial charge on any atom is 0.307 e.